The van der Waals surface area contributed by atoms with Gasteiger partial charge in [-0.15, -0.1) is 0 Å². The molecule has 0 unspecified atom stereocenters. The summed E-state index contributed by atoms with van der Waals surface area (Å²) in [5, 5.41) is 4.38. The fourth-order valence-electron chi connectivity index (χ4n) is 4.75. The Morgan fingerprint density at radius 2 is 1.90 bits per heavy atom. The lowest BCUT2D eigenvalue weighted by atomic mass is 9.78. The number of hydrogen-bond acceptors (Lipinski definition) is 8. The van der Waals surface area contributed by atoms with Crippen LogP contribution >= 0.6 is 34.8 Å². The van der Waals surface area contributed by atoms with Gasteiger partial charge in [0, 0.05) is 28.3 Å². The van der Waals surface area contributed by atoms with Crippen molar-refractivity contribution in [1.29, 1.82) is 0 Å². The van der Waals surface area contributed by atoms with Gasteiger partial charge in [-0.25, -0.2) is 22.8 Å². The third-order valence-electron chi connectivity index (χ3n) is 6.56. The molecule has 14 heteroatoms. The normalized spacial score (nSPS) is 19.5. The highest BCUT2D eigenvalue weighted by Gasteiger charge is 2.35. The van der Waals surface area contributed by atoms with Crippen LogP contribution in [0.3, 0.4) is 0 Å². The molecule has 1 fully saturated rings. The van der Waals surface area contributed by atoms with Crippen molar-refractivity contribution in [3.05, 3.63) is 75.4 Å². The molecule has 3 atom stereocenters. The average molecular weight is 617 g/mol. The Labute approximate surface area is 240 Å². The molecule has 0 amide bonds. The Hall–Kier alpha value is -2.70. The number of benzene rings is 2. The molecule has 1 saturated carbocycles. The van der Waals surface area contributed by atoms with E-state index in [-0.39, 0.29) is 41.3 Å². The number of hydrogen-bond donors (Lipinski definition) is 2. The van der Waals surface area contributed by atoms with Gasteiger partial charge in [-0.05, 0) is 74.2 Å². The Morgan fingerprint density at radius 3 is 2.56 bits per heavy atom. The van der Waals surface area contributed by atoms with Crippen LogP contribution in [0.25, 0.3) is 0 Å². The molecule has 39 heavy (non-hydrogen) atoms. The van der Waals surface area contributed by atoms with E-state index in [1.165, 1.54) is 12.3 Å². The zero-order chi connectivity index (χ0) is 28.2. The third-order valence-corrected chi connectivity index (χ3v) is 8.68. The molecule has 3 aromatic rings. The lowest BCUT2D eigenvalue weighted by Crippen LogP contribution is -2.49. The fraction of sp³-hybridized carbons (Fsp3) is 0.320. The smallest absolute Gasteiger partial charge is 0.294 e. The van der Waals surface area contributed by atoms with Crippen molar-refractivity contribution < 1.29 is 22.3 Å². The van der Waals surface area contributed by atoms with Crippen molar-refractivity contribution in [3.8, 4) is 0 Å². The molecule has 0 spiro atoms. The molecule has 0 saturated heterocycles. The number of sulfonamides is 1. The number of anilines is 2. The quantitative estimate of drug-likeness (QED) is 0.225. The number of carbonyl (C=O) groups is 1. The molecule has 0 bridgehead atoms. The molecule has 9 nitrogen and oxygen atoms in total. The van der Waals surface area contributed by atoms with Gasteiger partial charge in [0.1, 0.15) is 29.6 Å². The predicted octanol–water partition coefficient (Wildman–Crippen LogP) is 5.56. The molecule has 1 aliphatic carbocycles. The summed E-state index contributed by atoms with van der Waals surface area (Å²) < 4.78 is 47.9. The number of nitrogens with one attached hydrogen (secondary N) is 2. The van der Waals surface area contributed by atoms with E-state index in [0.717, 1.165) is 30.4 Å². The van der Waals surface area contributed by atoms with Crippen molar-refractivity contribution in [1.82, 2.24) is 14.9 Å². The second-order valence-electron chi connectivity index (χ2n) is 9.14. The van der Waals surface area contributed by atoms with Gasteiger partial charge in [-0.3, -0.25) is 14.4 Å². The van der Waals surface area contributed by atoms with Crippen molar-refractivity contribution in [3.63, 3.8) is 0 Å². The SMILES string of the molecule is CN(COC=O)[C@H]1C[C@@H](c2cc(Cl)cc(Cl)c2)CC[C@@H]1Nc1cc(F)c(S(=O)(=O)Nc2ccncn2)cc1Cl. The van der Waals surface area contributed by atoms with E-state index >= 15 is 4.39 Å². The molecule has 1 aliphatic rings. The minimum atomic E-state index is -4.30. The van der Waals surface area contributed by atoms with E-state index in [2.05, 4.69) is 20.0 Å². The minimum absolute atomic E-state index is 0.0103. The maximum absolute atomic E-state index is 15.1. The van der Waals surface area contributed by atoms with E-state index in [1.54, 1.807) is 6.07 Å². The Morgan fingerprint density at radius 1 is 1.15 bits per heavy atom. The number of halogens is 4. The van der Waals surface area contributed by atoms with Crippen LogP contribution in [-0.4, -0.2) is 55.6 Å². The zero-order valence-corrected chi connectivity index (χ0v) is 23.7. The number of carbonyl (C=O) groups excluding carboxylic acids is 1. The van der Waals surface area contributed by atoms with Crippen LogP contribution in [0.4, 0.5) is 15.9 Å². The van der Waals surface area contributed by atoms with Crippen LogP contribution in [0, 0.1) is 5.82 Å². The summed E-state index contributed by atoms with van der Waals surface area (Å²) >= 11 is 18.9. The average Bonchev–Trinajstić information content (AvgIpc) is 2.89. The molecule has 2 aromatic carbocycles. The lowest BCUT2D eigenvalue weighted by molar-refractivity contribution is -0.133. The summed E-state index contributed by atoms with van der Waals surface area (Å²) in [6, 6.07) is 8.49. The standard InChI is InChI=1S/C25H25Cl3FN5O4S/c1-34(13-38-14-35)23-8-15(16-6-17(26)9-18(27)7-16)2-3-21(23)32-22-11-20(29)24(10-19(22)28)39(36,37)33-25-4-5-30-12-31-25/h4-7,9-12,14-15,21,23,32H,2-3,8,13H2,1H3,(H,30,31,33)/t15-,21-,23-/m0/s1. The highest BCUT2D eigenvalue weighted by atomic mass is 35.5. The fourth-order valence-corrected chi connectivity index (χ4v) is 6.67. The molecule has 1 aromatic heterocycles. The molecular formula is C25H25Cl3FN5O4S. The molecular weight excluding hydrogens is 592 g/mol. The molecule has 2 N–H and O–H groups in total. The van der Waals surface area contributed by atoms with Gasteiger partial charge in [-0.1, -0.05) is 34.8 Å². The van der Waals surface area contributed by atoms with E-state index in [4.69, 9.17) is 39.5 Å². The first kappa shape index (κ1) is 29.3. The maximum Gasteiger partial charge on any atom is 0.294 e. The van der Waals surface area contributed by atoms with E-state index < -0.39 is 20.7 Å². The van der Waals surface area contributed by atoms with Gasteiger partial charge in [0.25, 0.3) is 16.5 Å². The van der Waals surface area contributed by atoms with E-state index in [1.807, 2.05) is 24.1 Å². The second-order valence-corrected chi connectivity index (χ2v) is 12.1. The van der Waals surface area contributed by atoms with Gasteiger partial charge in [0.05, 0.1) is 10.7 Å². The summed E-state index contributed by atoms with van der Waals surface area (Å²) in [6.45, 7) is 0.417. The summed E-state index contributed by atoms with van der Waals surface area (Å²) in [6.07, 6.45) is 4.59. The summed E-state index contributed by atoms with van der Waals surface area (Å²) in [5.41, 5.74) is 1.23. The summed E-state index contributed by atoms with van der Waals surface area (Å²) in [4.78, 5) is 19.6. The van der Waals surface area contributed by atoms with Gasteiger partial charge < -0.3 is 10.1 Å². The number of rotatable bonds is 10. The largest absolute Gasteiger partial charge is 0.452 e. The van der Waals surface area contributed by atoms with Gasteiger partial charge in [-0.2, -0.15) is 0 Å². The minimum Gasteiger partial charge on any atom is -0.452 e. The first-order valence-electron chi connectivity index (χ1n) is 11.8. The topological polar surface area (TPSA) is 114 Å². The number of likely N-dealkylation sites (N-methyl/N-ethyl adjacent to an activating group) is 1. The van der Waals surface area contributed by atoms with Crippen LogP contribution in [-0.2, 0) is 19.6 Å². The summed E-state index contributed by atoms with van der Waals surface area (Å²) in [7, 11) is -2.49. The molecule has 0 radical (unpaired) electrons. The second kappa shape index (κ2) is 12.6. The van der Waals surface area contributed by atoms with E-state index in [9.17, 15) is 13.2 Å². The van der Waals surface area contributed by atoms with Crippen LogP contribution in [0.2, 0.25) is 15.1 Å². The molecule has 1 heterocycles. The van der Waals surface area contributed by atoms with Crippen molar-refractivity contribution >= 4 is 62.8 Å². The Bertz CT molecular complexity index is 1410. The van der Waals surface area contributed by atoms with Crippen LogP contribution < -0.4 is 10.0 Å². The zero-order valence-electron chi connectivity index (χ0n) is 20.7. The molecule has 0 aliphatic heterocycles. The van der Waals surface area contributed by atoms with Gasteiger partial charge in [0.2, 0.25) is 0 Å². The van der Waals surface area contributed by atoms with Crippen LogP contribution in [0.1, 0.15) is 30.7 Å². The monoisotopic (exact) mass is 615 g/mol. The first-order valence-corrected chi connectivity index (χ1v) is 14.4. The van der Waals surface area contributed by atoms with Crippen molar-refractivity contribution in [2.75, 3.05) is 23.8 Å². The number of nitrogens with zero attached hydrogens (tertiary/aromatic N) is 3. The van der Waals surface area contributed by atoms with Gasteiger partial charge in [0.15, 0.2) is 0 Å². The third kappa shape index (κ3) is 7.29. The lowest BCUT2D eigenvalue weighted by Gasteiger charge is -2.41. The molecule has 4 rings (SSSR count). The van der Waals surface area contributed by atoms with E-state index in [0.29, 0.717) is 29.4 Å². The van der Waals surface area contributed by atoms with Gasteiger partial charge >= 0.3 is 0 Å². The maximum atomic E-state index is 15.1. The predicted molar refractivity (Wildman–Crippen MR) is 148 cm³/mol. The van der Waals surface area contributed by atoms with Crippen molar-refractivity contribution in [2.45, 2.75) is 42.2 Å². The van der Waals surface area contributed by atoms with Crippen molar-refractivity contribution in [2.24, 2.45) is 0 Å². The Kier molecular flexibility index (Phi) is 9.50. The molecule has 208 valence electrons. The summed E-state index contributed by atoms with van der Waals surface area (Å²) in [5.74, 6) is -0.876. The Balaban J connectivity index is 1.57. The number of aromatic nitrogens is 2. The highest BCUT2D eigenvalue weighted by Crippen LogP contribution is 2.39. The van der Waals surface area contributed by atoms with Crippen LogP contribution in [0.5, 0.6) is 0 Å². The number of ether oxygens (including phenoxy) is 1. The first-order chi connectivity index (χ1) is 18.6. The highest BCUT2D eigenvalue weighted by molar-refractivity contribution is 7.92. The van der Waals surface area contributed by atoms with Crippen LogP contribution in [0.15, 0.2) is 53.8 Å².